The molecule has 0 radical (unpaired) electrons. The van der Waals surface area contributed by atoms with Crippen molar-refractivity contribution >= 4 is 11.6 Å². The highest BCUT2D eigenvalue weighted by Crippen LogP contribution is 2.20. The molecule has 1 N–H and O–H groups in total. The van der Waals surface area contributed by atoms with Crippen molar-refractivity contribution in [2.24, 2.45) is 0 Å². The molecule has 0 saturated carbocycles. The van der Waals surface area contributed by atoms with Crippen LogP contribution in [0.3, 0.4) is 0 Å². The molecule has 1 aromatic heterocycles. The minimum atomic E-state index is -0.303. The molecule has 0 aliphatic carbocycles. The van der Waals surface area contributed by atoms with Gasteiger partial charge in [0.2, 0.25) is 0 Å². The summed E-state index contributed by atoms with van der Waals surface area (Å²) in [5, 5.41) is 6.86. The largest absolute Gasteiger partial charge is 0.489 e. The average molecular weight is 405 g/mol. The van der Waals surface area contributed by atoms with Crippen LogP contribution < -0.4 is 10.1 Å². The third kappa shape index (κ3) is 5.07. The molecule has 1 fully saturated rings. The number of carbonyl (C=O) groups is 1. The molecule has 0 bridgehead atoms. The standard InChI is InChI=1S/C24H27N3O3/c1-18-22(17-29-21-8-4-2-5-9-21)23(26-30-18)24(28)25-20-12-10-19(11-13-20)16-27-14-6-3-7-15-27/h2,4-5,8-13H,3,6-7,14-17H2,1H3,(H,25,28). The van der Waals surface area contributed by atoms with Crippen LogP contribution in [0.15, 0.2) is 59.1 Å². The maximum absolute atomic E-state index is 12.8. The van der Waals surface area contributed by atoms with E-state index in [1.54, 1.807) is 6.92 Å². The van der Waals surface area contributed by atoms with Gasteiger partial charge in [0.25, 0.3) is 5.91 Å². The lowest BCUT2D eigenvalue weighted by molar-refractivity contribution is 0.101. The third-order valence-corrected chi connectivity index (χ3v) is 5.39. The number of likely N-dealkylation sites (tertiary alicyclic amines) is 1. The number of aryl methyl sites for hydroxylation is 1. The van der Waals surface area contributed by atoms with Gasteiger partial charge in [-0.25, -0.2) is 0 Å². The average Bonchev–Trinajstić information content (AvgIpc) is 3.15. The van der Waals surface area contributed by atoms with Crippen LogP contribution in [0.1, 0.15) is 46.6 Å². The van der Waals surface area contributed by atoms with Gasteiger partial charge in [0, 0.05) is 12.2 Å². The van der Waals surface area contributed by atoms with Gasteiger partial charge in [0.05, 0.1) is 5.56 Å². The van der Waals surface area contributed by atoms with E-state index in [4.69, 9.17) is 9.26 Å². The number of nitrogens with zero attached hydrogens (tertiary/aromatic N) is 2. The first kappa shape index (κ1) is 20.2. The first-order valence-corrected chi connectivity index (χ1v) is 10.4. The van der Waals surface area contributed by atoms with E-state index >= 15 is 0 Å². The molecule has 6 heteroatoms. The van der Waals surface area contributed by atoms with Crippen molar-refractivity contribution in [1.82, 2.24) is 10.1 Å². The summed E-state index contributed by atoms with van der Waals surface area (Å²) < 4.78 is 11.0. The Labute approximate surface area is 176 Å². The Bertz CT molecular complexity index is 961. The molecular weight excluding hydrogens is 378 g/mol. The topological polar surface area (TPSA) is 67.6 Å². The zero-order valence-electron chi connectivity index (χ0n) is 17.3. The van der Waals surface area contributed by atoms with Crippen LogP contribution in [-0.2, 0) is 13.2 Å². The lowest BCUT2D eigenvalue weighted by Crippen LogP contribution is -2.29. The van der Waals surface area contributed by atoms with E-state index < -0.39 is 0 Å². The number of piperidine rings is 1. The van der Waals surface area contributed by atoms with Crippen molar-refractivity contribution in [3.63, 3.8) is 0 Å². The zero-order chi connectivity index (χ0) is 20.8. The highest BCUT2D eigenvalue weighted by molar-refractivity contribution is 6.03. The summed E-state index contributed by atoms with van der Waals surface area (Å²) >= 11 is 0. The van der Waals surface area contributed by atoms with Crippen LogP contribution >= 0.6 is 0 Å². The van der Waals surface area contributed by atoms with E-state index in [1.807, 2.05) is 42.5 Å². The first-order chi connectivity index (χ1) is 14.7. The number of amides is 1. The van der Waals surface area contributed by atoms with Crippen molar-refractivity contribution in [2.45, 2.75) is 39.3 Å². The van der Waals surface area contributed by atoms with Crippen LogP contribution in [0.25, 0.3) is 0 Å². The smallest absolute Gasteiger partial charge is 0.278 e. The Hall–Kier alpha value is -3.12. The number of nitrogens with one attached hydrogen (secondary N) is 1. The second kappa shape index (κ2) is 9.59. The molecule has 1 saturated heterocycles. The maximum Gasteiger partial charge on any atom is 0.278 e. The summed E-state index contributed by atoms with van der Waals surface area (Å²) in [6, 6.07) is 17.5. The predicted molar refractivity (Wildman–Crippen MR) is 116 cm³/mol. The lowest BCUT2D eigenvalue weighted by atomic mass is 10.1. The first-order valence-electron chi connectivity index (χ1n) is 10.4. The van der Waals surface area contributed by atoms with Crippen molar-refractivity contribution in [3.05, 3.63) is 77.2 Å². The van der Waals surface area contributed by atoms with Crippen molar-refractivity contribution < 1.29 is 14.1 Å². The van der Waals surface area contributed by atoms with Crippen LogP contribution in [0.2, 0.25) is 0 Å². The van der Waals surface area contributed by atoms with Crippen LogP contribution in [0.4, 0.5) is 5.69 Å². The summed E-state index contributed by atoms with van der Waals surface area (Å²) in [6.07, 6.45) is 3.89. The number of para-hydroxylation sites is 1. The molecule has 0 atom stereocenters. The van der Waals surface area contributed by atoms with Gasteiger partial charge < -0.3 is 14.6 Å². The summed E-state index contributed by atoms with van der Waals surface area (Å²) in [4.78, 5) is 15.2. The number of carbonyl (C=O) groups excluding carboxylic acids is 1. The molecule has 1 amide bonds. The van der Waals surface area contributed by atoms with Gasteiger partial charge in [-0.15, -0.1) is 0 Å². The number of ether oxygens (including phenoxy) is 1. The molecule has 156 valence electrons. The predicted octanol–water partition coefficient (Wildman–Crippen LogP) is 4.80. The number of rotatable bonds is 7. The molecule has 0 unspecified atom stereocenters. The molecule has 2 aromatic carbocycles. The van der Waals surface area contributed by atoms with E-state index in [-0.39, 0.29) is 18.2 Å². The Morgan fingerprint density at radius 2 is 1.80 bits per heavy atom. The SMILES string of the molecule is Cc1onc(C(=O)Nc2ccc(CN3CCCCC3)cc2)c1COc1ccccc1. The molecule has 1 aliphatic heterocycles. The Morgan fingerprint density at radius 3 is 2.53 bits per heavy atom. The maximum atomic E-state index is 12.8. The summed E-state index contributed by atoms with van der Waals surface area (Å²) in [7, 11) is 0. The number of hydrogen-bond donors (Lipinski definition) is 1. The third-order valence-electron chi connectivity index (χ3n) is 5.39. The number of anilines is 1. The minimum absolute atomic E-state index is 0.219. The number of benzene rings is 2. The molecule has 2 heterocycles. The van der Waals surface area contributed by atoms with Crippen LogP contribution in [-0.4, -0.2) is 29.1 Å². The van der Waals surface area contributed by atoms with E-state index in [0.717, 1.165) is 31.1 Å². The molecule has 6 nitrogen and oxygen atoms in total. The minimum Gasteiger partial charge on any atom is -0.489 e. The molecular formula is C24H27N3O3. The lowest BCUT2D eigenvalue weighted by Gasteiger charge is -2.26. The van der Waals surface area contributed by atoms with E-state index in [1.165, 1.54) is 24.8 Å². The van der Waals surface area contributed by atoms with Crippen LogP contribution in [0.5, 0.6) is 5.75 Å². The van der Waals surface area contributed by atoms with Crippen molar-refractivity contribution in [3.8, 4) is 5.75 Å². The quantitative estimate of drug-likeness (QED) is 0.612. The van der Waals surface area contributed by atoms with Gasteiger partial charge in [0.15, 0.2) is 5.69 Å². The van der Waals surface area contributed by atoms with Gasteiger partial charge in [-0.3, -0.25) is 9.69 Å². The number of aromatic nitrogens is 1. The van der Waals surface area contributed by atoms with Crippen LogP contribution in [0, 0.1) is 6.92 Å². The summed E-state index contributed by atoms with van der Waals surface area (Å²) in [6.45, 7) is 5.28. The van der Waals surface area contributed by atoms with E-state index in [2.05, 4.69) is 27.5 Å². The van der Waals surface area contributed by atoms with Gasteiger partial charge in [-0.05, 0) is 62.7 Å². The van der Waals surface area contributed by atoms with Gasteiger partial charge in [0.1, 0.15) is 18.1 Å². The normalized spacial score (nSPS) is 14.4. The molecule has 4 rings (SSSR count). The van der Waals surface area contributed by atoms with Gasteiger partial charge >= 0.3 is 0 Å². The number of hydrogen-bond acceptors (Lipinski definition) is 5. The molecule has 30 heavy (non-hydrogen) atoms. The van der Waals surface area contributed by atoms with Crippen molar-refractivity contribution in [1.29, 1.82) is 0 Å². The molecule has 3 aromatic rings. The fourth-order valence-corrected chi connectivity index (χ4v) is 3.67. The van der Waals surface area contributed by atoms with Gasteiger partial charge in [-0.1, -0.05) is 41.9 Å². The highest BCUT2D eigenvalue weighted by atomic mass is 16.5. The molecule has 0 spiro atoms. The summed E-state index contributed by atoms with van der Waals surface area (Å²) in [5.41, 5.74) is 2.89. The second-order valence-corrected chi connectivity index (χ2v) is 7.66. The van der Waals surface area contributed by atoms with Crippen molar-refractivity contribution in [2.75, 3.05) is 18.4 Å². The Kier molecular flexibility index (Phi) is 6.44. The fourth-order valence-electron chi connectivity index (χ4n) is 3.67. The van der Waals surface area contributed by atoms with E-state index in [9.17, 15) is 4.79 Å². The zero-order valence-corrected chi connectivity index (χ0v) is 17.3. The Balaban J connectivity index is 1.37. The highest BCUT2D eigenvalue weighted by Gasteiger charge is 2.20. The summed E-state index contributed by atoms with van der Waals surface area (Å²) in [5.74, 6) is 1.00. The fraction of sp³-hybridized carbons (Fsp3) is 0.333. The monoisotopic (exact) mass is 405 g/mol. The van der Waals surface area contributed by atoms with E-state index in [0.29, 0.717) is 11.3 Å². The Morgan fingerprint density at radius 1 is 1.07 bits per heavy atom. The molecule has 1 aliphatic rings. The van der Waals surface area contributed by atoms with Gasteiger partial charge in [-0.2, -0.15) is 0 Å². The second-order valence-electron chi connectivity index (χ2n) is 7.66.